The molecule has 0 saturated heterocycles. The van der Waals surface area contributed by atoms with Gasteiger partial charge in [0.2, 0.25) is 11.8 Å². The predicted octanol–water partition coefficient (Wildman–Crippen LogP) is 5.86. The number of carbonyl (C=O) groups excluding carboxylic acids is 2. The molecule has 0 aliphatic carbocycles. The Hall–Kier alpha value is -4.29. The molecule has 4 aromatic carbocycles. The molecule has 0 bridgehead atoms. The average molecular weight is 557 g/mol. The van der Waals surface area contributed by atoms with E-state index in [0.29, 0.717) is 22.9 Å². The highest BCUT2D eigenvalue weighted by Crippen LogP contribution is 2.28. The molecular weight excluding hydrogens is 524 g/mol. The van der Waals surface area contributed by atoms with E-state index < -0.39 is 6.04 Å². The first kappa shape index (κ1) is 28.7. The molecule has 0 unspecified atom stereocenters. The van der Waals surface area contributed by atoms with E-state index in [9.17, 15) is 9.59 Å². The average Bonchev–Trinajstić information content (AvgIpc) is 2.99. The van der Waals surface area contributed by atoms with E-state index >= 15 is 0 Å². The van der Waals surface area contributed by atoms with Crippen LogP contribution in [0.25, 0.3) is 0 Å². The third-order valence-electron chi connectivity index (χ3n) is 6.68. The van der Waals surface area contributed by atoms with Crippen molar-refractivity contribution in [2.45, 2.75) is 32.0 Å². The van der Waals surface area contributed by atoms with Crippen molar-refractivity contribution in [2.24, 2.45) is 0 Å². The third kappa shape index (κ3) is 7.64. The maximum Gasteiger partial charge on any atom is 0.243 e. The first-order valence-corrected chi connectivity index (χ1v) is 13.5. The number of hydrogen-bond acceptors (Lipinski definition) is 4. The maximum absolute atomic E-state index is 14.0. The van der Waals surface area contributed by atoms with Crippen LogP contribution in [0, 0.1) is 0 Å². The lowest BCUT2D eigenvalue weighted by Crippen LogP contribution is -2.50. The van der Waals surface area contributed by atoms with Crippen molar-refractivity contribution in [2.75, 3.05) is 14.2 Å². The quantitative estimate of drug-likeness (QED) is 0.237. The van der Waals surface area contributed by atoms with E-state index in [2.05, 4.69) is 5.32 Å². The summed E-state index contributed by atoms with van der Waals surface area (Å²) in [7, 11) is 3.13. The van der Waals surface area contributed by atoms with Gasteiger partial charge in [-0.05, 0) is 40.5 Å². The molecular formula is C33H33ClN2O4. The largest absolute Gasteiger partial charge is 0.493 e. The molecule has 0 aromatic heterocycles. The topological polar surface area (TPSA) is 67.9 Å². The lowest BCUT2D eigenvalue weighted by atomic mass is 10.0. The lowest BCUT2D eigenvalue weighted by Gasteiger charge is -2.32. The highest BCUT2D eigenvalue weighted by atomic mass is 35.5. The minimum Gasteiger partial charge on any atom is -0.493 e. The number of rotatable bonds is 12. The van der Waals surface area contributed by atoms with Gasteiger partial charge >= 0.3 is 0 Å². The summed E-state index contributed by atoms with van der Waals surface area (Å²) in [6.07, 6.45) is 0.454. The monoisotopic (exact) mass is 556 g/mol. The number of ether oxygens (including phenoxy) is 2. The molecule has 0 fully saturated rings. The molecule has 6 nitrogen and oxygen atoms in total. The molecule has 2 amide bonds. The number of methoxy groups -OCH3 is 2. The molecule has 0 spiro atoms. The van der Waals surface area contributed by atoms with Gasteiger partial charge in [-0.15, -0.1) is 0 Å². The SMILES string of the molecule is COc1ccc(CC(=O)N(Cc2ccccc2)[C@@H](Cc2ccccc2)C(=O)NCc2ccccc2Cl)cc1OC. The fourth-order valence-electron chi connectivity index (χ4n) is 4.54. The minimum absolute atomic E-state index is 0.0935. The van der Waals surface area contributed by atoms with Crippen molar-refractivity contribution in [1.29, 1.82) is 0 Å². The van der Waals surface area contributed by atoms with Gasteiger partial charge < -0.3 is 19.7 Å². The van der Waals surface area contributed by atoms with Crippen LogP contribution >= 0.6 is 11.6 Å². The number of amides is 2. The van der Waals surface area contributed by atoms with Crippen LogP contribution < -0.4 is 14.8 Å². The highest BCUT2D eigenvalue weighted by Gasteiger charge is 2.30. The third-order valence-corrected chi connectivity index (χ3v) is 7.05. The molecule has 4 rings (SSSR count). The second-order valence-corrected chi connectivity index (χ2v) is 9.80. The Kier molecular flexibility index (Phi) is 10.2. The highest BCUT2D eigenvalue weighted by molar-refractivity contribution is 6.31. The van der Waals surface area contributed by atoms with Crippen LogP contribution in [0.15, 0.2) is 103 Å². The molecule has 4 aromatic rings. The molecule has 1 N–H and O–H groups in total. The van der Waals surface area contributed by atoms with Gasteiger partial charge in [0.25, 0.3) is 0 Å². The van der Waals surface area contributed by atoms with E-state index in [1.165, 1.54) is 0 Å². The van der Waals surface area contributed by atoms with Crippen molar-refractivity contribution in [3.63, 3.8) is 0 Å². The number of benzene rings is 4. The fraction of sp³-hybridized carbons (Fsp3) is 0.212. The van der Waals surface area contributed by atoms with Gasteiger partial charge in [-0.2, -0.15) is 0 Å². The van der Waals surface area contributed by atoms with Crippen molar-refractivity contribution in [1.82, 2.24) is 10.2 Å². The molecule has 206 valence electrons. The second-order valence-electron chi connectivity index (χ2n) is 9.39. The van der Waals surface area contributed by atoms with Crippen molar-refractivity contribution >= 4 is 23.4 Å². The Balaban J connectivity index is 1.66. The molecule has 0 aliphatic rings. The Labute approximate surface area is 240 Å². The maximum atomic E-state index is 14.0. The zero-order chi connectivity index (χ0) is 28.3. The van der Waals surface area contributed by atoms with Crippen LogP contribution in [0.3, 0.4) is 0 Å². The van der Waals surface area contributed by atoms with Crippen molar-refractivity contribution < 1.29 is 19.1 Å². The van der Waals surface area contributed by atoms with E-state index in [4.69, 9.17) is 21.1 Å². The van der Waals surface area contributed by atoms with E-state index in [0.717, 1.165) is 22.3 Å². The van der Waals surface area contributed by atoms with Gasteiger partial charge in [0.15, 0.2) is 11.5 Å². The molecule has 7 heteroatoms. The van der Waals surface area contributed by atoms with Gasteiger partial charge in [-0.25, -0.2) is 0 Å². The van der Waals surface area contributed by atoms with Crippen LogP contribution in [0.1, 0.15) is 22.3 Å². The van der Waals surface area contributed by atoms with Crippen molar-refractivity contribution in [3.8, 4) is 11.5 Å². The molecule has 0 radical (unpaired) electrons. The number of nitrogens with one attached hydrogen (secondary N) is 1. The van der Waals surface area contributed by atoms with E-state index in [1.54, 1.807) is 37.3 Å². The fourth-order valence-corrected chi connectivity index (χ4v) is 4.75. The summed E-state index contributed by atoms with van der Waals surface area (Å²) in [5, 5.41) is 3.60. The predicted molar refractivity (Wildman–Crippen MR) is 157 cm³/mol. The molecule has 0 saturated carbocycles. The molecule has 0 aliphatic heterocycles. The summed E-state index contributed by atoms with van der Waals surface area (Å²) in [6, 6.07) is 31.5. The lowest BCUT2D eigenvalue weighted by molar-refractivity contribution is -0.140. The summed E-state index contributed by atoms with van der Waals surface area (Å²) in [4.78, 5) is 29.5. The molecule has 0 heterocycles. The Morgan fingerprint density at radius 1 is 0.775 bits per heavy atom. The van der Waals surface area contributed by atoms with Gasteiger partial charge in [0.05, 0.1) is 20.6 Å². The summed E-state index contributed by atoms with van der Waals surface area (Å²) >= 11 is 6.34. The summed E-state index contributed by atoms with van der Waals surface area (Å²) in [5.41, 5.74) is 3.45. The zero-order valence-corrected chi connectivity index (χ0v) is 23.4. The standard InChI is InChI=1S/C33H33ClN2O4/c1-39-30-18-17-26(20-31(30)40-2)21-32(37)36(23-25-13-7-4-8-14-25)29(19-24-11-5-3-6-12-24)33(38)35-22-27-15-9-10-16-28(27)34/h3-18,20,29H,19,21-23H2,1-2H3,(H,35,38)/t29-/m0/s1. The Bertz CT molecular complexity index is 1410. The first-order chi connectivity index (χ1) is 19.5. The zero-order valence-electron chi connectivity index (χ0n) is 22.7. The number of nitrogens with zero attached hydrogens (tertiary/aromatic N) is 1. The summed E-state index contributed by atoms with van der Waals surface area (Å²) < 4.78 is 10.8. The Morgan fingerprint density at radius 2 is 1.40 bits per heavy atom. The van der Waals surface area contributed by atoms with Gasteiger partial charge in [0.1, 0.15) is 6.04 Å². The summed E-state index contributed by atoms with van der Waals surface area (Å²) in [5.74, 6) is 0.701. The van der Waals surface area contributed by atoms with Gasteiger partial charge in [-0.1, -0.05) is 96.5 Å². The van der Waals surface area contributed by atoms with Crippen LogP contribution in [-0.2, 0) is 35.5 Å². The van der Waals surface area contributed by atoms with E-state index in [-0.39, 0.29) is 31.3 Å². The van der Waals surface area contributed by atoms with Crippen LogP contribution in [0.2, 0.25) is 5.02 Å². The number of hydrogen-bond donors (Lipinski definition) is 1. The molecule has 40 heavy (non-hydrogen) atoms. The number of carbonyl (C=O) groups is 2. The van der Waals surface area contributed by atoms with Crippen LogP contribution in [0.5, 0.6) is 11.5 Å². The summed E-state index contributed by atoms with van der Waals surface area (Å²) in [6.45, 7) is 0.539. The minimum atomic E-state index is -0.752. The van der Waals surface area contributed by atoms with Gasteiger partial charge in [0, 0.05) is 24.5 Å². The van der Waals surface area contributed by atoms with Crippen LogP contribution in [0.4, 0.5) is 0 Å². The van der Waals surface area contributed by atoms with Crippen molar-refractivity contribution in [3.05, 3.63) is 130 Å². The normalized spacial score (nSPS) is 11.4. The van der Waals surface area contributed by atoms with Gasteiger partial charge in [-0.3, -0.25) is 9.59 Å². The second kappa shape index (κ2) is 14.2. The van der Waals surface area contributed by atoms with Crippen LogP contribution in [-0.4, -0.2) is 37.0 Å². The van der Waals surface area contributed by atoms with E-state index in [1.807, 2.05) is 84.9 Å². The number of halogens is 1. The first-order valence-electron chi connectivity index (χ1n) is 13.1. The Morgan fingerprint density at radius 3 is 2.05 bits per heavy atom. The smallest absolute Gasteiger partial charge is 0.243 e. The molecule has 1 atom stereocenters.